The summed E-state index contributed by atoms with van der Waals surface area (Å²) >= 11 is 0. The van der Waals surface area contributed by atoms with Crippen LogP contribution in [0.2, 0.25) is 0 Å². The van der Waals surface area contributed by atoms with Gasteiger partial charge < -0.3 is 0 Å². The smallest absolute Gasteiger partial charge is 0.267 e. The molecule has 0 radical (unpaired) electrons. The molecule has 0 atom stereocenters. The molecule has 4 rings (SSSR count). The van der Waals surface area contributed by atoms with Crippen molar-refractivity contribution < 1.29 is 4.79 Å². The Hall–Kier alpha value is -2.72. The molecular weight excluding hydrogens is 304 g/mol. The zero-order valence-electron chi connectivity index (χ0n) is 12.6. The van der Waals surface area contributed by atoms with Crippen molar-refractivity contribution in [2.45, 2.75) is 6.92 Å². The number of nitrogens with zero attached hydrogens (tertiary/aromatic N) is 2. The molecule has 3 nitrogen and oxygen atoms in total. The third-order valence-electron chi connectivity index (χ3n) is 3.80. The molecule has 0 aliphatic carbocycles. The molecular formula is C19H14N2OS. The highest BCUT2D eigenvalue weighted by Gasteiger charge is 2.32. The van der Waals surface area contributed by atoms with Gasteiger partial charge in [-0.1, -0.05) is 71.6 Å². The summed E-state index contributed by atoms with van der Waals surface area (Å²) in [5.41, 5.74) is 3.79. The summed E-state index contributed by atoms with van der Waals surface area (Å²) in [5.74, 6) is 0.000752. The van der Waals surface area contributed by atoms with Crippen molar-refractivity contribution in [3.8, 4) is 0 Å². The second-order valence-corrected chi connectivity index (χ2v) is 6.35. The Bertz CT molecular complexity index is 920. The van der Waals surface area contributed by atoms with E-state index in [2.05, 4.69) is 0 Å². The molecule has 1 amide bonds. The lowest BCUT2D eigenvalue weighted by molar-refractivity contribution is -0.118. The van der Waals surface area contributed by atoms with Crippen LogP contribution < -0.4 is 0 Å². The van der Waals surface area contributed by atoms with E-state index in [1.54, 1.807) is 4.90 Å². The Labute approximate surface area is 138 Å². The number of hydrogen-bond acceptors (Lipinski definition) is 2. The van der Waals surface area contributed by atoms with Crippen molar-refractivity contribution in [2.75, 3.05) is 0 Å². The van der Waals surface area contributed by atoms with Crippen molar-refractivity contribution in [3.63, 3.8) is 0 Å². The van der Waals surface area contributed by atoms with Gasteiger partial charge in [0.25, 0.3) is 5.91 Å². The Morgan fingerprint density at radius 3 is 2.17 bits per heavy atom. The van der Waals surface area contributed by atoms with Crippen LogP contribution in [0, 0.1) is 0 Å². The van der Waals surface area contributed by atoms with Gasteiger partial charge in [0, 0.05) is 11.3 Å². The van der Waals surface area contributed by atoms with E-state index >= 15 is 0 Å². The zero-order chi connectivity index (χ0) is 15.8. The highest BCUT2D eigenvalue weighted by Crippen LogP contribution is 2.23. The third-order valence-corrected chi connectivity index (χ3v) is 4.87. The Morgan fingerprint density at radius 1 is 0.913 bits per heavy atom. The summed E-state index contributed by atoms with van der Waals surface area (Å²) < 4.78 is 0. The number of hydrogen-bond donors (Lipinski definition) is 0. The van der Waals surface area contributed by atoms with Gasteiger partial charge in [0.15, 0.2) is 5.11 Å². The quantitative estimate of drug-likeness (QED) is 0.782. The van der Waals surface area contributed by atoms with Crippen LogP contribution in [0.4, 0.5) is 0 Å². The number of carbonyl (C=O) groups excluding carboxylic acids is 1. The fraction of sp³-hybridized carbons (Fsp3) is 0.0526. The molecule has 0 N–H and O–H groups in total. The van der Waals surface area contributed by atoms with Crippen molar-refractivity contribution in [1.82, 2.24) is 4.90 Å². The molecule has 23 heavy (non-hydrogen) atoms. The van der Waals surface area contributed by atoms with Crippen molar-refractivity contribution in [3.05, 3.63) is 83.6 Å². The molecule has 2 aromatic carbocycles. The molecule has 4 heteroatoms. The lowest BCUT2D eigenvalue weighted by Gasteiger charge is -2.23. The van der Waals surface area contributed by atoms with Crippen LogP contribution >= 0.6 is 10.9 Å². The lowest BCUT2D eigenvalue weighted by Crippen LogP contribution is -2.36. The lowest BCUT2D eigenvalue weighted by atomic mass is 10.1. The molecule has 0 saturated carbocycles. The number of allylic oxidation sites excluding steroid dienone is 2. The monoisotopic (exact) mass is 318 g/mol. The molecule has 0 aromatic heterocycles. The molecule has 0 unspecified atom stereocenters. The third kappa shape index (κ3) is 2.37. The molecule has 2 heterocycles. The van der Waals surface area contributed by atoms with Gasteiger partial charge in [-0.05, 0) is 18.6 Å². The van der Waals surface area contributed by atoms with Crippen LogP contribution in [0.25, 0.3) is 0 Å². The van der Waals surface area contributed by atoms with Crippen molar-refractivity contribution in [1.29, 1.82) is 0 Å². The van der Waals surface area contributed by atoms with Crippen molar-refractivity contribution >= 4 is 32.5 Å². The Morgan fingerprint density at radius 2 is 1.52 bits per heavy atom. The van der Waals surface area contributed by atoms with Gasteiger partial charge in [0.05, 0.1) is 5.71 Å². The molecule has 2 aliphatic heterocycles. The van der Waals surface area contributed by atoms with Crippen LogP contribution in [0.1, 0.15) is 18.1 Å². The topological polar surface area (TPSA) is 32.7 Å². The van der Waals surface area contributed by atoms with Crippen LogP contribution in [-0.2, 0) is 4.79 Å². The molecule has 0 spiro atoms. The maximum Gasteiger partial charge on any atom is 0.275 e. The Kier molecular flexibility index (Phi) is 3.32. The van der Waals surface area contributed by atoms with Crippen molar-refractivity contribution in [2.24, 2.45) is 4.99 Å². The highest BCUT2D eigenvalue weighted by molar-refractivity contribution is 8.00. The maximum absolute atomic E-state index is 12.7. The van der Waals surface area contributed by atoms with Gasteiger partial charge in [-0.2, -0.15) is 0 Å². The minimum Gasteiger partial charge on any atom is -0.267 e. The Balaban J connectivity index is 1.84. The first-order chi connectivity index (χ1) is 11.2. The van der Waals surface area contributed by atoms with E-state index in [9.17, 15) is 4.79 Å². The van der Waals surface area contributed by atoms with Gasteiger partial charge in [-0.15, -0.1) is 0 Å². The second-order valence-electron chi connectivity index (χ2n) is 5.37. The SMILES string of the molecule is CC1=CC(c2ccccc2)=NC2=S=C(c3ccccc3)C(=O)N12. The van der Waals surface area contributed by atoms with Crippen LogP contribution in [-0.4, -0.2) is 26.5 Å². The van der Waals surface area contributed by atoms with E-state index in [0.717, 1.165) is 32.5 Å². The number of rotatable bonds is 2. The fourth-order valence-electron chi connectivity index (χ4n) is 2.68. The first kappa shape index (κ1) is 13.9. The number of aliphatic imine (C=N–C) groups is 1. The minimum atomic E-state index is 0.000752. The number of fused-ring (bicyclic) bond motifs is 1. The van der Waals surface area contributed by atoms with E-state index in [-0.39, 0.29) is 5.91 Å². The van der Waals surface area contributed by atoms with E-state index in [1.165, 1.54) is 10.9 Å². The largest absolute Gasteiger partial charge is 0.275 e. The highest BCUT2D eigenvalue weighted by atomic mass is 32.1. The number of carbonyl (C=O) groups is 1. The zero-order valence-corrected chi connectivity index (χ0v) is 13.4. The molecule has 0 bridgehead atoms. The summed E-state index contributed by atoms with van der Waals surface area (Å²) in [6.45, 7) is 1.95. The summed E-state index contributed by atoms with van der Waals surface area (Å²) in [6.07, 6.45) is 1.96. The molecule has 0 fully saturated rings. The standard InChI is InChI=1S/C19H14N2OS/c1-13-12-16(14-8-4-2-5-9-14)20-19-21(13)18(22)17(23-19)15-10-6-3-7-11-15/h2-12H,1H3. The van der Waals surface area contributed by atoms with Gasteiger partial charge in [-0.25, -0.2) is 4.99 Å². The van der Waals surface area contributed by atoms with E-state index in [1.807, 2.05) is 73.7 Å². The fourth-order valence-corrected chi connectivity index (χ4v) is 3.76. The predicted octanol–water partition coefficient (Wildman–Crippen LogP) is 3.28. The molecule has 0 saturated heterocycles. The molecule has 112 valence electrons. The molecule has 2 aliphatic rings. The maximum atomic E-state index is 12.7. The first-order valence-electron chi connectivity index (χ1n) is 7.38. The summed E-state index contributed by atoms with van der Waals surface area (Å²) in [6, 6.07) is 19.8. The van der Waals surface area contributed by atoms with Gasteiger partial charge >= 0.3 is 0 Å². The van der Waals surface area contributed by atoms with E-state index in [0.29, 0.717) is 0 Å². The van der Waals surface area contributed by atoms with Gasteiger partial charge in [0.1, 0.15) is 4.86 Å². The van der Waals surface area contributed by atoms with Gasteiger partial charge in [0.2, 0.25) is 0 Å². The summed E-state index contributed by atoms with van der Waals surface area (Å²) in [5, 5.41) is 0.729. The average Bonchev–Trinajstić information content (AvgIpc) is 2.94. The number of amides is 1. The minimum absolute atomic E-state index is 0.000752. The van der Waals surface area contributed by atoms with Crippen LogP contribution in [0.5, 0.6) is 0 Å². The summed E-state index contributed by atoms with van der Waals surface area (Å²) in [4.78, 5) is 19.8. The second kappa shape index (κ2) is 5.48. The van der Waals surface area contributed by atoms with Crippen LogP contribution in [0.15, 0.2) is 77.4 Å². The normalized spacial score (nSPS) is 16.7. The first-order valence-corrected chi connectivity index (χ1v) is 8.20. The van der Waals surface area contributed by atoms with E-state index < -0.39 is 0 Å². The predicted molar refractivity (Wildman–Crippen MR) is 96.7 cm³/mol. The average molecular weight is 318 g/mol. The molecule has 2 aromatic rings. The van der Waals surface area contributed by atoms with Crippen LogP contribution in [0.3, 0.4) is 0 Å². The number of benzene rings is 2. The summed E-state index contributed by atoms with van der Waals surface area (Å²) in [7, 11) is 1.44. The van der Waals surface area contributed by atoms with E-state index in [4.69, 9.17) is 4.99 Å². The van der Waals surface area contributed by atoms with Gasteiger partial charge in [-0.3, -0.25) is 9.69 Å².